The highest BCUT2D eigenvalue weighted by molar-refractivity contribution is 5.18. The lowest BCUT2D eigenvalue weighted by atomic mass is 10.0. The van der Waals surface area contributed by atoms with Crippen LogP contribution in [0.5, 0.6) is 0 Å². The van der Waals surface area contributed by atoms with Gasteiger partial charge in [0, 0.05) is 29.7 Å². The Kier molecular flexibility index (Phi) is 4.36. The van der Waals surface area contributed by atoms with Crippen LogP contribution >= 0.6 is 0 Å². The Morgan fingerprint density at radius 2 is 2.17 bits per heavy atom. The number of nitrogens with zero attached hydrogens (tertiary/aromatic N) is 2. The molecule has 0 saturated heterocycles. The molecule has 0 aliphatic rings. The third-order valence-corrected chi connectivity index (χ3v) is 2.94. The Labute approximate surface area is 106 Å². The number of aryl methyl sites for hydroxylation is 1. The molecule has 1 N–H and O–H groups in total. The predicted octanol–water partition coefficient (Wildman–Crippen LogP) is 2.51. The van der Waals surface area contributed by atoms with Gasteiger partial charge in [-0.3, -0.25) is 9.97 Å². The highest BCUT2D eigenvalue weighted by atomic mass is 19.1. The van der Waals surface area contributed by atoms with Gasteiger partial charge in [-0.2, -0.15) is 0 Å². The van der Waals surface area contributed by atoms with Crippen molar-refractivity contribution in [3.63, 3.8) is 0 Å². The molecule has 2 aromatic rings. The number of aromatic nitrogens is 2. The lowest BCUT2D eigenvalue weighted by molar-refractivity contribution is 0.504. The maximum atomic E-state index is 13.6. The van der Waals surface area contributed by atoms with Crippen LogP contribution in [0, 0.1) is 5.82 Å². The molecule has 0 aromatic carbocycles. The number of hydrogen-bond acceptors (Lipinski definition) is 3. The normalized spacial score (nSPS) is 12.3. The number of rotatable bonds is 5. The van der Waals surface area contributed by atoms with Crippen LogP contribution in [0.1, 0.15) is 23.7 Å². The Balaban J connectivity index is 2.04. The van der Waals surface area contributed by atoms with Crippen LogP contribution in [0.25, 0.3) is 0 Å². The highest BCUT2D eigenvalue weighted by Crippen LogP contribution is 2.20. The van der Waals surface area contributed by atoms with Gasteiger partial charge in [-0.15, -0.1) is 0 Å². The Hall–Kier alpha value is -1.81. The van der Waals surface area contributed by atoms with E-state index in [9.17, 15) is 4.39 Å². The van der Waals surface area contributed by atoms with Crippen LogP contribution in [-0.2, 0) is 6.42 Å². The smallest absolute Gasteiger partial charge is 0.146 e. The van der Waals surface area contributed by atoms with Crippen molar-refractivity contribution in [1.29, 1.82) is 0 Å². The van der Waals surface area contributed by atoms with E-state index in [-0.39, 0.29) is 11.9 Å². The minimum atomic E-state index is -0.266. The van der Waals surface area contributed by atoms with E-state index in [4.69, 9.17) is 0 Å². The van der Waals surface area contributed by atoms with E-state index in [1.807, 2.05) is 25.2 Å². The molecule has 2 rings (SSSR count). The molecule has 0 aliphatic heterocycles. The molecule has 1 atom stereocenters. The Bertz CT molecular complexity index is 487. The van der Waals surface area contributed by atoms with E-state index >= 15 is 0 Å². The van der Waals surface area contributed by atoms with Gasteiger partial charge >= 0.3 is 0 Å². The average molecular weight is 245 g/mol. The van der Waals surface area contributed by atoms with Crippen molar-refractivity contribution >= 4 is 0 Å². The van der Waals surface area contributed by atoms with Crippen molar-refractivity contribution in [1.82, 2.24) is 15.3 Å². The van der Waals surface area contributed by atoms with Crippen molar-refractivity contribution < 1.29 is 4.39 Å². The number of nitrogens with one attached hydrogen (secondary N) is 1. The van der Waals surface area contributed by atoms with Gasteiger partial charge in [-0.05, 0) is 38.1 Å². The Morgan fingerprint density at radius 1 is 1.28 bits per heavy atom. The van der Waals surface area contributed by atoms with Crippen molar-refractivity contribution in [3.8, 4) is 0 Å². The third-order valence-electron chi connectivity index (χ3n) is 2.94. The lowest BCUT2D eigenvalue weighted by Crippen LogP contribution is -2.18. The van der Waals surface area contributed by atoms with Crippen LogP contribution in [0.2, 0.25) is 0 Å². The second-order valence-electron chi connectivity index (χ2n) is 4.10. The van der Waals surface area contributed by atoms with Gasteiger partial charge in [0.15, 0.2) is 0 Å². The molecule has 0 bridgehead atoms. The first kappa shape index (κ1) is 12.6. The molecule has 0 spiro atoms. The fraction of sp³-hybridized carbons (Fsp3) is 0.286. The summed E-state index contributed by atoms with van der Waals surface area (Å²) in [7, 11) is 1.84. The minimum Gasteiger partial charge on any atom is -0.313 e. The van der Waals surface area contributed by atoms with Gasteiger partial charge < -0.3 is 5.32 Å². The predicted molar refractivity (Wildman–Crippen MR) is 68.6 cm³/mol. The van der Waals surface area contributed by atoms with E-state index in [2.05, 4.69) is 15.3 Å². The number of hydrogen-bond donors (Lipinski definition) is 1. The SMILES string of the molecule is CNC(CCc1ccccn1)c1ccncc1F. The van der Waals surface area contributed by atoms with E-state index in [1.54, 1.807) is 18.5 Å². The van der Waals surface area contributed by atoms with E-state index in [0.717, 1.165) is 18.5 Å². The topological polar surface area (TPSA) is 37.8 Å². The first-order valence-electron chi connectivity index (χ1n) is 5.98. The second-order valence-corrected chi connectivity index (χ2v) is 4.10. The van der Waals surface area contributed by atoms with Gasteiger partial charge in [0.1, 0.15) is 5.82 Å². The van der Waals surface area contributed by atoms with Crippen molar-refractivity contribution in [2.24, 2.45) is 0 Å². The van der Waals surface area contributed by atoms with Crippen molar-refractivity contribution in [2.75, 3.05) is 7.05 Å². The standard InChI is InChI=1S/C14H16FN3/c1-16-14(12-7-9-17-10-13(12)15)6-5-11-4-2-3-8-18-11/h2-4,7-10,14,16H,5-6H2,1H3. The molecule has 2 heterocycles. The first-order valence-corrected chi connectivity index (χ1v) is 5.98. The molecular weight excluding hydrogens is 229 g/mol. The van der Waals surface area contributed by atoms with E-state index in [0.29, 0.717) is 5.56 Å². The molecule has 4 heteroatoms. The molecule has 0 fully saturated rings. The molecule has 3 nitrogen and oxygen atoms in total. The van der Waals surface area contributed by atoms with E-state index < -0.39 is 0 Å². The van der Waals surface area contributed by atoms with Crippen LogP contribution in [0.15, 0.2) is 42.9 Å². The Morgan fingerprint density at radius 3 is 2.83 bits per heavy atom. The van der Waals surface area contributed by atoms with Crippen LogP contribution in [0.3, 0.4) is 0 Å². The van der Waals surface area contributed by atoms with Gasteiger partial charge in [-0.25, -0.2) is 4.39 Å². The average Bonchev–Trinajstić information content (AvgIpc) is 2.42. The monoisotopic (exact) mass is 245 g/mol. The van der Waals surface area contributed by atoms with Gasteiger partial charge in [0.2, 0.25) is 0 Å². The van der Waals surface area contributed by atoms with Gasteiger partial charge in [-0.1, -0.05) is 6.07 Å². The summed E-state index contributed by atoms with van der Waals surface area (Å²) in [6.07, 6.45) is 6.25. The van der Waals surface area contributed by atoms with Gasteiger partial charge in [0.25, 0.3) is 0 Å². The minimum absolute atomic E-state index is 0.0185. The summed E-state index contributed by atoms with van der Waals surface area (Å²) in [6.45, 7) is 0. The summed E-state index contributed by atoms with van der Waals surface area (Å²) in [5.41, 5.74) is 1.68. The molecular formula is C14H16FN3. The van der Waals surface area contributed by atoms with E-state index in [1.165, 1.54) is 6.20 Å². The molecule has 0 radical (unpaired) electrons. The molecule has 0 amide bonds. The third kappa shape index (κ3) is 3.11. The maximum Gasteiger partial charge on any atom is 0.146 e. The van der Waals surface area contributed by atoms with Crippen LogP contribution < -0.4 is 5.32 Å². The van der Waals surface area contributed by atoms with Crippen LogP contribution in [-0.4, -0.2) is 17.0 Å². The zero-order valence-electron chi connectivity index (χ0n) is 10.3. The summed E-state index contributed by atoms with van der Waals surface area (Å²) in [6, 6.07) is 7.53. The summed E-state index contributed by atoms with van der Waals surface area (Å²) < 4.78 is 13.6. The summed E-state index contributed by atoms with van der Waals surface area (Å²) in [5.74, 6) is -0.266. The largest absolute Gasteiger partial charge is 0.313 e. The fourth-order valence-electron chi connectivity index (χ4n) is 1.96. The fourth-order valence-corrected chi connectivity index (χ4v) is 1.96. The quantitative estimate of drug-likeness (QED) is 0.879. The highest BCUT2D eigenvalue weighted by Gasteiger charge is 2.13. The van der Waals surface area contributed by atoms with Gasteiger partial charge in [0.05, 0.1) is 6.20 Å². The number of pyridine rings is 2. The summed E-state index contributed by atoms with van der Waals surface area (Å²) in [5, 5.41) is 3.13. The first-order chi connectivity index (χ1) is 8.81. The molecule has 94 valence electrons. The lowest BCUT2D eigenvalue weighted by Gasteiger charge is -2.16. The molecule has 0 aliphatic carbocycles. The van der Waals surface area contributed by atoms with Crippen molar-refractivity contribution in [2.45, 2.75) is 18.9 Å². The molecule has 18 heavy (non-hydrogen) atoms. The molecule has 0 saturated carbocycles. The maximum absolute atomic E-state index is 13.6. The zero-order chi connectivity index (χ0) is 12.8. The summed E-state index contributed by atoms with van der Waals surface area (Å²) in [4.78, 5) is 8.03. The number of halogens is 1. The van der Waals surface area contributed by atoms with Crippen LogP contribution in [0.4, 0.5) is 4.39 Å². The zero-order valence-corrected chi connectivity index (χ0v) is 10.3. The molecule has 1 unspecified atom stereocenters. The van der Waals surface area contributed by atoms with Crippen molar-refractivity contribution in [3.05, 3.63) is 59.9 Å². The summed E-state index contributed by atoms with van der Waals surface area (Å²) >= 11 is 0. The molecule has 2 aromatic heterocycles. The second kappa shape index (κ2) is 6.21.